The van der Waals surface area contributed by atoms with Crippen LogP contribution >= 0.6 is 0 Å². The van der Waals surface area contributed by atoms with E-state index in [9.17, 15) is 5.11 Å². The Hall–Kier alpha value is -1.33. The van der Waals surface area contributed by atoms with E-state index in [2.05, 4.69) is 23.9 Å². The van der Waals surface area contributed by atoms with Gasteiger partial charge in [-0.15, -0.1) is 0 Å². The van der Waals surface area contributed by atoms with E-state index in [0.717, 1.165) is 25.0 Å². The quantitative estimate of drug-likeness (QED) is 0.870. The maximum absolute atomic E-state index is 9.89. The SMILES string of the molecule is COc1ccnc(CN(C)[C@@]2(CO)CC[C@@H](C)C2)c1OC. The van der Waals surface area contributed by atoms with Crippen LogP contribution in [0.15, 0.2) is 12.3 Å². The highest BCUT2D eigenvalue weighted by Crippen LogP contribution is 2.39. The molecule has 5 heteroatoms. The summed E-state index contributed by atoms with van der Waals surface area (Å²) in [6, 6.07) is 1.79. The van der Waals surface area contributed by atoms with Crippen molar-refractivity contribution in [3.63, 3.8) is 0 Å². The number of hydrogen-bond donors (Lipinski definition) is 1. The van der Waals surface area contributed by atoms with Gasteiger partial charge in [0.1, 0.15) is 5.69 Å². The zero-order valence-electron chi connectivity index (χ0n) is 13.4. The summed E-state index contributed by atoms with van der Waals surface area (Å²) in [6.45, 7) is 3.06. The van der Waals surface area contributed by atoms with Crippen LogP contribution in [0.1, 0.15) is 31.9 Å². The number of nitrogens with zero attached hydrogens (tertiary/aromatic N) is 2. The lowest BCUT2D eigenvalue weighted by Crippen LogP contribution is -2.47. The molecule has 1 N–H and O–H groups in total. The van der Waals surface area contributed by atoms with Crippen LogP contribution in [0.5, 0.6) is 11.5 Å². The van der Waals surface area contributed by atoms with Crippen LogP contribution in [0.4, 0.5) is 0 Å². The largest absolute Gasteiger partial charge is 0.493 e. The summed E-state index contributed by atoms with van der Waals surface area (Å²) in [4.78, 5) is 6.63. The molecule has 0 bridgehead atoms. The van der Waals surface area contributed by atoms with Gasteiger partial charge in [0.25, 0.3) is 0 Å². The lowest BCUT2D eigenvalue weighted by molar-refractivity contribution is 0.0442. The van der Waals surface area contributed by atoms with Gasteiger partial charge in [-0.2, -0.15) is 0 Å². The first-order valence-electron chi connectivity index (χ1n) is 7.44. The summed E-state index contributed by atoms with van der Waals surface area (Å²) >= 11 is 0. The number of ether oxygens (including phenoxy) is 2. The summed E-state index contributed by atoms with van der Waals surface area (Å²) in [7, 11) is 5.30. The molecule has 0 spiro atoms. The Balaban J connectivity index is 2.21. The van der Waals surface area contributed by atoms with Gasteiger partial charge in [-0.25, -0.2) is 0 Å². The highest BCUT2D eigenvalue weighted by Gasteiger charge is 2.40. The normalized spacial score (nSPS) is 25.3. The molecule has 2 rings (SSSR count). The van der Waals surface area contributed by atoms with E-state index in [-0.39, 0.29) is 12.1 Å². The maximum Gasteiger partial charge on any atom is 0.183 e. The molecule has 21 heavy (non-hydrogen) atoms. The molecule has 0 saturated heterocycles. The van der Waals surface area contributed by atoms with Crippen LogP contribution < -0.4 is 9.47 Å². The second kappa shape index (κ2) is 6.62. The Kier molecular flexibility index (Phi) is 5.06. The average molecular weight is 294 g/mol. The first-order valence-corrected chi connectivity index (χ1v) is 7.44. The van der Waals surface area contributed by atoms with Crippen LogP contribution in [0.2, 0.25) is 0 Å². The van der Waals surface area contributed by atoms with Crippen LogP contribution in [-0.2, 0) is 6.54 Å². The van der Waals surface area contributed by atoms with Crippen molar-refractivity contribution < 1.29 is 14.6 Å². The molecule has 1 aliphatic rings. The number of aliphatic hydroxyl groups is 1. The number of likely N-dealkylation sites (N-methyl/N-ethyl adjacent to an activating group) is 1. The zero-order chi connectivity index (χ0) is 15.5. The van der Waals surface area contributed by atoms with E-state index in [4.69, 9.17) is 9.47 Å². The smallest absolute Gasteiger partial charge is 0.183 e. The molecule has 0 unspecified atom stereocenters. The fourth-order valence-electron chi connectivity index (χ4n) is 3.33. The van der Waals surface area contributed by atoms with Crippen LogP contribution in [0.3, 0.4) is 0 Å². The number of methoxy groups -OCH3 is 2. The molecule has 1 saturated carbocycles. The number of hydrogen-bond acceptors (Lipinski definition) is 5. The van der Waals surface area contributed by atoms with Gasteiger partial charge in [0, 0.05) is 24.3 Å². The second-order valence-electron chi connectivity index (χ2n) is 6.08. The van der Waals surface area contributed by atoms with Gasteiger partial charge in [-0.3, -0.25) is 9.88 Å². The van der Waals surface area contributed by atoms with Gasteiger partial charge < -0.3 is 14.6 Å². The summed E-state index contributed by atoms with van der Waals surface area (Å²) in [6.07, 6.45) is 4.93. The molecule has 0 aromatic carbocycles. The predicted molar refractivity (Wildman–Crippen MR) is 81.6 cm³/mol. The lowest BCUT2D eigenvalue weighted by atomic mass is 9.95. The number of aromatic nitrogens is 1. The van der Waals surface area contributed by atoms with E-state index in [1.807, 2.05) is 0 Å². The number of rotatable bonds is 6. The molecule has 0 radical (unpaired) electrons. The van der Waals surface area contributed by atoms with Gasteiger partial charge in [0.2, 0.25) is 0 Å². The predicted octanol–water partition coefficient (Wildman–Crippen LogP) is 2.08. The fraction of sp³-hybridized carbons (Fsp3) is 0.688. The first-order chi connectivity index (χ1) is 10.1. The van der Waals surface area contributed by atoms with Gasteiger partial charge in [0.05, 0.1) is 20.8 Å². The Morgan fingerprint density at radius 3 is 2.71 bits per heavy atom. The van der Waals surface area contributed by atoms with Crippen molar-refractivity contribution in [2.75, 3.05) is 27.9 Å². The minimum atomic E-state index is -0.144. The Morgan fingerprint density at radius 2 is 2.19 bits per heavy atom. The summed E-state index contributed by atoms with van der Waals surface area (Å²) in [5, 5.41) is 9.89. The molecule has 1 aromatic heterocycles. The molecule has 0 aliphatic heterocycles. The van der Waals surface area contributed by atoms with Gasteiger partial charge in [0.15, 0.2) is 11.5 Å². The first kappa shape index (κ1) is 16.0. The Labute approximate surface area is 126 Å². The molecule has 1 heterocycles. The van der Waals surface area contributed by atoms with Crippen LogP contribution in [-0.4, -0.2) is 48.4 Å². The summed E-state index contributed by atoms with van der Waals surface area (Å²) < 4.78 is 10.8. The monoisotopic (exact) mass is 294 g/mol. The fourth-order valence-corrected chi connectivity index (χ4v) is 3.33. The average Bonchev–Trinajstić information content (AvgIpc) is 2.89. The highest BCUT2D eigenvalue weighted by atomic mass is 16.5. The third kappa shape index (κ3) is 3.14. The second-order valence-corrected chi connectivity index (χ2v) is 6.08. The summed E-state index contributed by atoms with van der Waals surface area (Å²) in [5.74, 6) is 2.01. The molecule has 0 amide bonds. The van der Waals surface area contributed by atoms with Crippen molar-refractivity contribution in [2.45, 2.75) is 38.3 Å². The lowest BCUT2D eigenvalue weighted by Gasteiger charge is -2.37. The van der Waals surface area contributed by atoms with Gasteiger partial charge in [-0.05, 0) is 32.2 Å². The molecular formula is C16H26N2O3. The van der Waals surface area contributed by atoms with Crippen molar-refractivity contribution in [1.29, 1.82) is 0 Å². The van der Waals surface area contributed by atoms with Gasteiger partial charge in [-0.1, -0.05) is 6.92 Å². The molecule has 1 aliphatic carbocycles. The maximum atomic E-state index is 9.89. The molecule has 1 aromatic rings. The summed E-state index contributed by atoms with van der Waals surface area (Å²) in [5.41, 5.74) is 0.696. The van der Waals surface area contributed by atoms with E-state index < -0.39 is 0 Å². The Morgan fingerprint density at radius 1 is 1.43 bits per heavy atom. The van der Waals surface area contributed by atoms with E-state index in [1.54, 1.807) is 26.5 Å². The third-order valence-corrected chi connectivity index (χ3v) is 4.69. The molecular weight excluding hydrogens is 268 g/mol. The van der Waals surface area contributed by atoms with Crippen molar-refractivity contribution in [3.05, 3.63) is 18.0 Å². The molecule has 1 fully saturated rings. The standard InChI is InChI=1S/C16H26N2O3/c1-12-5-7-16(9-12,11-19)18(2)10-13-15(21-4)14(20-3)6-8-17-13/h6,8,12,19H,5,7,9-11H2,1-4H3/t12-,16+/m1/s1. The highest BCUT2D eigenvalue weighted by molar-refractivity contribution is 5.42. The minimum absolute atomic E-state index is 0.144. The van der Waals surface area contributed by atoms with Crippen LogP contribution in [0.25, 0.3) is 0 Å². The third-order valence-electron chi connectivity index (χ3n) is 4.69. The van der Waals surface area contributed by atoms with Crippen LogP contribution in [0, 0.1) is 5.92 Å². The van der Waals surface area contributed by atoms with Gasteiger partial charge >= 0.3 is 0 Å². The van der Waals surface area contributed by atoms with E-state index in [1.165, 1.54) is 0 Å². The molecule has 118 valence electrons. The van der Waals surface area contributed by atoms with Crippen molar-refractivity contribution in [2.24, 2.45) is 5.92 Å². The molecule has 2 atom stereocenters. The zero-order valence-corrected chi connectivity index (χ0v) is 13.4. The minimum Gasteiger partial charge on any atom is -0.493 e. The topological polar surface area (TPSA) is 54.8 Å². The Bertz CT molecular complexity index is 481. The van der Waals surface area contributed by atoms with Crippen molar-refractivity contribution in [1.82, 2.24) is 9.88 Å². The number of pyridine rings is 1. The number of aliphatic hydroxyl groups excluding tert-OH is 1. The van der Waals surface area contributed by atoms with E-state index in [0.29, 0.717) is 24.0 Å². The van der Waals surface area contributed by atoms with Crippen molar-refractivity contribution >= 4 is 0 Å². The molecule has 5 nitrogen and oxygen atoms in total. The van der Waals surface area contributed by atoms with E-state index >= 15 is 0 Å². The van der Waals surface area contributed by atoms with Crippen molar-refractivity contribution in [3.8, 4) is 11.5 Å².